The number of halogens is 1. The summed E-state index contributed by atoms with van der Waals surface area (Å²) in [6.45, 7) is 7.07. The SMILES string of the molecule is CC1=Cc2c(cc3ccccc3c2Br)C1C(C)(C)C1=CC=CC1. The number of hydrogen-bond donors (Lipinski definition) is 0. The van der Waals surface area contributed by atoms with E-state index in [9.17, 15) is 0 Å². The van der Waals surface area contributed by atoms with Gasteiger partial charge in [0.05, 0.1) is 0 Å². The molecule has 0 N–H and O–H groups in total. The van der Waals surface area contributed by atoms with E-state index in [0.717, 1.165) is 6.42 Å². The maximum Gasteiger partial charge on any atom is 0.0329 e. The van der Waals surface area contributed by atoms with Crippen molar-refractivity contribution in [3.05, 3.63) is 75.3 Å². The fourth-order valence-electron chi connectivity index (χ4n) is 4.35. The predicted octanol–water partition coefficient (Wildman–Crippen LogP) is 7.02. The summed E-state index contributed by atoms with van der Waals surface area (Å²) in [6.07, 6.45) is 10.2. The quantitative estimate of drug-likeness (QED) is 0.537. The number of hydrogen-bond acceptors (Lipinski definition) is 0. The average molecular weight is 365 g/mol. The Bertz CT molecular complexity index is 894. The van der Waals surface area contributed by atoms with E-state index in [1.54, 1.807) is 0 Å². The Morgan fingerprint density at radius 1 is 1.17 bits per heavy atom. The van der Waals surface area contributed by atoms with Crippen molar-refractivity contribution in [3.8, 4) is 0 Å². The second-order valence-corrected chi connectivity index (χ2v) is 8.07. The fourth-order valence-corrected chi connectivity index (χ4v) is 5.05. The van der Waals surface area contributed by atoms with E-state index in [1.807, 2.05) is 0 Å². The molecule has 1 atom stereocenters. The highest BCUT2D eigenvalue weighted by Gasteiger charge is 2.39. The van der Waals surface area contributed by atoms with Crippen molar-refractivity contribution in [2.75, 3.05) is 0 Å². The van der Waals surface area contributed by atoms with Crippen molar-refractivity contribution in [1.29, 1.82) is 0 Å². The summed E-state index contributed by atoms with van der Waals surface area (Å²) >= 11 is 3.87. The number of rotatable bonds is 2. The molecule has 0 nitrogen and oxygen atoms in total. The molecule has 0 aliphatic heterocycles. The van der Waals surface area contributed by atoms with Gasteiger partial charge in [-0.05, 0) is 62.7 Å². The van der Waals surface area contributed by atoms with Gasteiger partial charge in [0.15, 0.2) is 0 Å². The van der Waals surface area contributed by atoms with Gasteiger partial charge in [-0.15, -0.1) is 0 Å². The van der Waals surface area contributed by atoms with E-state index in [-0.39, 0.29) is 5.41 Å². The van der Waals surface area contributed by atoms with Crippen LogP contribution >= 0.6 is 15.9 Å². The number of benzene rings is 2. The Hall–Kier alpha value is -1.60. The summed E-state index contributed by atoms with van der Waals surface area (Å²) < 4.78 is 1.24. The normalized spacial score (nSPS) is 19.9. The van der Waals surface area contributed by atoms with Gasteiger partial charge in [0, 0.05) is 10.4 Å². The van der Waals surface area contributed by atoms with Crippen molar-refractivity contribution >= 4 is 32.8 Å². The van der Waals surface area contributed by atoms with Gasteiger partial charge in [-0.3, -0.25) is 0 Å². The summed E-state index contributed by atoms with van der Waals surface area (Å²) in [6, 6.07) is 11.1. The minimum Gasteiger partial charge on any atom is -0.0804 e. The second-order valence-electron chi connectivity index (χ2n) is 7.28. The molecular formula is C22H21Br. The highest BCUT2D eigenvalue weighted by molar-refractivity contribution is 9.10. The molecule has 2 aromatic rings. The molecule has 0 saturated heterocycles. The minimum atomic E-state index is 0.136. The zero-order valence-corrected chi connectivity index (χ0v) is 15.4. The Morgan fingerprint density at radius 2 is 1.96 bits per heavy atom. The highest BCUT2D eigenvalue weighted by atomic mass is 79.9. The summed E-state index contributed by atoms with van der Waals surface area (Å²) in [5, 5.41) is 2.62. The lowest BCUT2D eigenvalue weighted by molar-refractivity contribution is 0.383. The topological polar surface area (TPSA) is 0 Å². The molecule has 116 valence electrons. The summed E-state index contributed by atoms with van der Waals surface area (Å²) in [5.74, 6) is 0.449. The zero-order valence-electron chi connectivity index (χ0n) is 13.9. The van der Waals surface area contributed by atoms with E-state index in [1.165, 1.54) is 37.5 Å². The zero-order chi connectivity index (χ0) is 16.2. The Kier molecular flexibility index (Phi) is 3.39. The summed E-state index contributed by atoms with van der Waals surface area (Å²) in [4.78, 5) is 0. The lowest BCUT2D eigenvalue weighted by Gasteiger charge is -2.36. The van der Waals surface area contributed by atoms with Gasteiger partial charge in [-0.2, -0.15) is 0 Å². The van der Waals surface area contributed by atoms with Crippen molar-refractivity contribution in [1.82, 2.24) is 0 Å². The smallest absolute Gasteiger partial charge is 0.0329 e. The molecule has 0 radical (unpaired) electrons. The van der Waals surface area contributed by atoms with Gasteiger partial charge in [0.2, 0.25) is 0 Å². The van der Waals surface area contributed by atoms with Crippen molar-refractivity contribution in [2.24, 2.45) is 5.41 Å². The molecule has 0 amide bonds. The first-order valence-electron chi connectivity index (χ1n) is 8.25. The van der Waals surface area contributed by atoms with Crippen molar-refractivity contribution < 1.29 is 0 Å². The standard InChI is InChI=1S/C22H21Br/c1-14-12-19-18(13-15-8-4-7-11-17(15)21(19)23)20(14)22(2,3)16-9-5-6-10-16/h4-9,11-13,20H,10H2,1-3H3. The third kappa shape index (κ3) is 2.17. The molecule has 0 saturated carbocycles. The molecule has 0 heterocycles. The van der Waals surface area contributed by atoms with Gasteiger partial charge in [0.25, 0.3) is 0 Å². The van der Waals surface area contributed by atoms with Gasteiger partial charge in [-0.25, -0.2) is 0 Å². The molecule has 0 spiro atoms. The van der Waals surface area contributed by atoms with Gasteiger partial charge < -0.3 is 0 Å². The first-order chi connectivity index (χ1) is 11.0. The molecule has 0 fully saturated rings. The monoisotopic (exact) mass is 364 g/mol. The van der Waals surface area contributed by atoms with Crippen LogP contribution in [0.2, 0.25) is 0 Å². The fraction of sp³-hybridized carbons (Fsp3) is 0.273. The Balaban J connectivity index is 1.92. The first-order valence-corrected chi connectivity index (χ1v) is 9.05. The van der Waals surface area contributed by atoms with Crippen LogP contribution in [-0.2, 0) is 0 Å². The van der Waals surface area contributed by atoms with E-state index in [2.05, 4.69) is 91.3 Å². The largest absolute Gasteiger partial charge is 0.0804 e. The summed E-state index contributed by atoms with van der Waals surface area (Å²) in [7, 11) is 0. The van der Waals surface area contributed by atoms with E-state index in [4.69, 9.17) is 0 Å². The molecule has 4 rings (SSSR count). The van der Waals surface area contributed by atoms with E-state index >= 15 is 0 Å². The molecule has 2 aliphatic carbocycles. The van der Waals surface area contributed by atoms with Gasteiger partial charge in [-0.1, -0.05) is 73.6 Å². The summed E-state index contributed by atoms with van der Waals surface area (Å²) in [5.41, 5.74) is 5.97. The first kappa shape index (κ1) is 15.0. The van der Waals surface area contributed by atoms with Crippen LogP contribution in [0.15, 0.2) is 64.2 Å². The second kappa shape index (κ2) is 5.21. The maximum absolute atomic E-state index is 3.87. The minimum absolute atomic E-state index is 0.136. The van der Waals surface area contributed by atoms with Crippen LogP contribution < -0.4 is 0 Å². The van der Waals surface area contributed by atoms with Crippen molar-refractivity contribution in [2.45, 2.75) is 33.1 Å². The van der Waals surface area contributed by atoms with Gasteiger partial charge >= 0.3 is 0 Å². The van der Waals surface area contributed by atoms with E-state index < -0.39 is 0 Å². The Labute approximate surface area is 146 Å². The third-order valence-corrected chi connectivity index (χ3v) is 6.37. The molecule has 2 aromatic carbocycles. The lowest BCUT2D eigenvalue weighted by atomic mass is 9.68. The van der Waals surface area contributed by atoms with Crippen LogP contribution in [-0.4, -0.2) is 0 Å². The average Bonchev–Trinajstić information content (AvgIpc) is 3.15. The molecule has 0 aromatic heterocycles. The molecule has 23 heavy (non-hydrogen) atoms. The van der Waals surface area contributed by atoms with Gasteiger partial charge in [0.1, 0.15) is 0 Å². The van der Waals surface area contributed by atoms with Crippen LogP contribution in [0, 0.1) is 5.41 Å². The number of allylic oxidation sites excluding steroid dienone is 5. The van der Waals surface area contributed by atoms with Crippen LogP contribution in [0.1, 0.15) is 44.2 Å². The molecule has 2 aliphatic rings. The maximum atomic E-state index is 3.87. The highest BCUT2D eigenvalue weighted by Crippen LogP contribution is 2.54. The molecular weight excluding hydrogens is 344 g/mol. The van der Waals surface area contributed by atoms with E-state index in [0.29, 0.717) is 5.92 Å². The van der Waals surface area contributed by atoms with Crippen LogP contribution in [0.5, 0.6) is 0 Å². The lowest BCUT2D eigenvalue weighted by Crippen LogP contribution is -2.24. The number of fused-ring (bicyclic) bond motifs is 2. The van der Waals surface area contributed by atoms with Crippen LogP contribution in [0.4, 0.5) is 0 Å². The Morgan fingerprint density at radius 3 is 2.70 bits per heavy atom. The third-order valence-electron chi connectivity index (χ3n) is 5.51. The molecule has 0 bridgehead atoms. The predicted molar refractivity (Wildman–Crippen MR) is 104 cm³/mol. The van der Waals surface area contributed by atoms with Crippen molar-refractivity contribution in [3.63, 3.8) is 0 Å². The van der Waals surface area contributed by atoms with Crippen LogP contribution in [0.3, 0.4) is 0 Å². The molecule has 1 heteroatoms. The molecule has 1 unspecified atom stereocenters. The van der Waals surface area contributed by atoms with Crippen LogP contribution in [0.25, 0.3) is 16.8 Å².